The highest BCUT2D eigenvalue weighted by Gasteiger charge is 2.38. The maximum absolute atomic E-state index is 12.8. The molecule has 0 bridgehead atoms. The summed E-state index contributed by atoms with van der Waals surface area (Å²) in [7, 11) is -1.96. The fourth-order valence-electron chi connectivity index (χ4n) is 3.71. The lowest BCUT2D eigenvalue weighted by Crippen LogP contribution is -2.48. The number of nitrogens with one attached hydrogen (secondary N) is 3. The van der Waals surface area contributed by atoms with Gasteiger partial charge in [-0.3, -0.25) is 10.2 Å². The average Bonchev–Trinajstić information content (AvgIpc) is 3.10. The number of aliphatic hydroxyl groups is 10. The number of carbonyl (C=O) groups is 1. The molecule has 0 spiro atoms. The Morgan fingerprint density at radius 2 is 1.07 bits per heavy atom. The summed E-state index contributed by atoms with van der Waals surface area (Å²) in [6.07, 6.45) is -23.4. The van der Waals surface area contributed by atoms with Crippen molar-refractivity contribution in [2.24, 2.45) is 0 Å². The minimum Gasteiger partial charge on any atom is -0.395 e. The third-order valence-electron chi connectivity index (χ3n) is 6.54. The minimum atomic E-state index is -5.15. The van der Waals surface area contributed by atoms with E-state index in [4.69, 9.17) is 52.5 Å². The molecule has 2 rings (SSSR count). The molecule has 0 saturated carbocycles. The second-order valence-electron chi connectivity index (χ2n) is 11.0. The number of rotatable bonds is 16. The Bertz CT molecular complexity index is 1410. The van der Waals surface area contributed by atoms with E-state index in [1.165, 1.54) is 17.4 Å². The molecule has 2 aromatic rings. The van der Waals surface area contributed by atoms with Gasteiger partial charge in [0.1, 0.15) is 42.4 Å². The van der Waals surface area contributed by atoms with Gasteiger partial charge in [-0.1, -0.05) is 11.6 Å². The summed E-state index contributed by atoms with van der Waals surface area (Å²) in [5.74, 6) is -0.244. The molecule has 0 heterocycles. The van der Waals surface area contributed by atoms with Crippen LogP contribution in [0.15, 0.2) is 42.5 Å². The van der Waals surface area contributed by atoms with Crippen LogP contribution < -0.4 is 20.5 Å². The molecule has 0 aliphatic carbocycles. The lowest BCUT2D eigenvalue weighted by Gasteiger charge is -2.25. The highest BCUT2D eigenvalue weighted by molar-refractivity contribution is 7.48. The van der Waals surface area contributed by atoms with E-state index < -0.39 is 105 Å². The Morgan fingerprint density at radius 1 is 0.709 bits per heavy atom. The van der Waals surface area contributed by atoms with Gasteiger partial charge < -0.3 is 70.7 Å². The number of hydrogen-bond acceptors (Lipinski definition) is 16. The molecule has 9 atom stereocenters. The first kappa shape index (κ1) is 52.1. The monoisotopic (exact) mass is 853 g/mol. The van der Waals surface area contributed by atoms with Crippen LogP contribution in [0.1, 0.15) is 11.1 Å². The van der Waals surface area contributed by atoms with E-state index in [0.29, 0.717) is 0 Å². The number of aliphatic hydroxyl groups excluding tert-OH is 10. The SMILES string of the molecule is CNC[C@H](O)[C@@H](O)[C@H](O)[C@H](O)CO.CNC[C@H](O)[C@@H](O)[C@H](O)[C@H](O)CO.O=C(Nc1cc(C(F)(F)F)cc(C(F)(F)F)c1)OP(=O)(O)Oc1ccc(Cl)cc1. The fraction of sp³-hybridized carbons (Fsp3) is 0.552. The minimum absolute atomic E-state index is 0.0936. The number of benzene rings is 2. The molecular formula is C29H43ClF6N3O15P. The number of phosphoric ester groups is 1. The third-order valence-corrected chi connectivity index (χ3v) is 7.63. The molecule has 18 nitrogen and oxygen atoms in total. The summed E-state index contributed by atoms with van der Waals surface area (Å²) >= 11 is 5.60. The molecule has 0 fully saturated rings. The summed E-state index contributed by atoms with van der Waals surface area (Å²) < 4.78 is 97.1. The molecule has 2 aromatic carbocycles. The zero-order valence-electron chi connectivity index (χ0n) is 28.6. The highest BCUT2D eigenvalue weighted by atomic mass is 35.5. The van der Waals surface area contributed by atoms with Crippen molar-refractivity contribution in [3.8, 4) is 5.75 Å². The van der Waals surface area contributed by atoms with Crippen LogP contribution in [0.2, 0.25) is 5.02 Å². The zero-order chi connectivity index (χ0) is 42.9. The van der Waals surface area contributed by atoms with E-state index in [-0.39, 0.29) is 42.1 Å². The molecule has 318 valence electrons. The quantitative estimate of drug-likeness (QED) is 0.0740. The van der Waals surface area contributed by atoms with Crippen molar-refractivity contribution in [3.63, 3.8) is 0 Å². The lowest BCUT2D eigenvalue weighted by atomic mass is 10.0. The van der Waals surface area contributed by atoms with Crippen LogP contribution >= 0.6 is 19.4 Å². The molecular weight excluding hydrogens is 811 g/mol. The maximum atomic E-state index is 12.8. The van der Waals surface area contributed by atoms with Crippen LogP contribution in [-0.4, -0.2) is 151 Å². The Morgan fingerprint density at radius 3 is 1.40 bits per heavy atom. The van der Waals surface area contributed by atoms with E-state index in [0.717, 1.165) is 12.1 Å². The number of likely N-dealkylation sites (N-methyl/N-ethyl adjacent to an activating group) is 2. The van der Waals surface area contributed by atoms with Crippen molar-refractivity contribution in [1.82, 2.24) is 10.6 Å². The number of anilines is 1. The Kier molecular flexibility index (Phi) is 22.7. The molecule has 0 aromatic heterocycles. The van der Waals surface area contributed by atoms with Crippen LogP contribution in [0.4, 0.5) is 36.8 Å². The second-order valence-corrected chi connectivity index (χ2v) is 12.8. The van der Waals surface area contributed by atoms with Gasteiger partial charge in [0, 0.05) is 23.8 Å². The van der Waals surface area contributed by atoms with Crippen LogP contribution in [0.3, 0.4) is 0 Å². The molecule has 26 heteroatoms. The maximum Gasteiger partial charge on any atom is 0.588 e. The Labute approximate surface area is 313 Å². The molecule has 14 N–H and O–H groups in total. The van der Waals surface area contributed by atoms with Crippen LogP contribution in [-0.2, 0) is 21.4 Å². The van der Waals surface area contributed by atoms with Gasteiger partial charge in [0.2, 0.25) is 0 Å². The van der Waals surface area contributed by atoms with Crippen molar-refractivity contribution in [1.29, 1.82) is 0 Å². The average molecular weight is 854 g/mol. The third kappa shape index (κ3) is 19.7. The van der Waals surface area contributed by atoms with Crippen molar-refractivity contribution in [2.45, 2.75) is 61.2 Å². The Hall–Kier alpha value is -2.91. The van der Waals surface area contributed by atoms with E-state index >= 15 is 0 Å². The van der Waals surface area contributed by atoms with Gasteiger partial charge in [0.05, 0.1) is 36.5 Å². The number of halogens is 7. The van der Waals surface area contributed by atoms with Gasteiger partial charge in [0.25, 0.3) is 0 Å². The number of carbonyl (C=O) groups excluding carboxylic acids is 1. The van der Waals surface area contributed by atoms with E-state index in [1.54, 1.807) is 14.1 Å². The standard InChI is InChI=1S/C15H9ClF6NO5P.2C7H17NO5/c16-10-1-3-12(4-2-10)27-29(25,26)28-13(24)23-11-6-8(14(17,18)19)5-9(7-11)15(20,21)22;2*1-8-2-4(10)6(12)7(13)5(11)3-9/h1-7H,(H,23,24)(H,25,26);2*4-13H,2-3H2,1H3/t;2*4-,5+,6+,7+/m.00/s1. The second kappa shape index (κ2) is 24.0. The summed E-state index contributed by atoms with van der Waals surface area (Å²) in [6.45, 7) is -1.14. The topological polar surface area (TPSA) is 311 Å². The summed E-state index contributed by atoms with van der Waals surface area (Å²) in [5, 5.41) is 96.7. The summed E-state index contributed by atoms with van der Waals surface area (Å²) in [6, 6.07) is 5.08. The summed E-state index contributed by atoms with van der Waals surface area (Å²) in [5.41, 5.74) is -4.37. The smallest absolute Gasteiger partial charge is 0.395 e. The molecule has 0 aliphatic rings. The molecule has 0 aliphatic heterocycles. The number of hydrogen-bond donors (Lipinski definition) is 14. The first-order valence-electron chi connectivity index (χ1n) is 15.3. The van der Waals surface area contributed by atoms with Crippen molar-refractivity contribution >= 4 is 31.2 Å². The number of phosphoric acid groups is 1. The molecule has 0 radical (unpaired) electrons. The van der Waals surface area contributed by atoms with Crippen LogP contribution in [0.5, 0.6) is 5.75 Å². The Balaban J connectivity index is 0.000000932. The lowest BCUT2D eigenvalue weighted by molar-refractivity contribution is -0.143. The molecule has 0 saturated heterocycles. The largest absolute Gasteiger partial charge is 0.588 e. The van der Waals surface area contributed by atoms with Gasteiger partial charge in [-0.05, 0) is 56.6 Å². The number of alkyl halides is 6. The predicted octanol–water partition coefficient (Wildman–Crippen LogP) is -0.611. The van der Waals surface area contributed by atoms with Gasteiger partial charge in [-0.2, -0.15) is 26.3 Å². The van der Waals surface area contributed by atoms with Gasteiger partial charge in [-0.25, -0.2) is 9.36 Å². The van der Waals surface area contributed by atoms with E-state index in [9.17, 15) is 50.8 Å². The van der Waals surface area contributed by atoms with Gasteiger partial charge >= 0.3 is 26.3 Å². The normalized spacial score (nSPS) is 17.2. The van der Waals surface area contributed by atoms with E-state index in [2.05, 4.69) is 19.7 Å². The van der Waals surface area contributed by atoms with Gasteiger partial charge in [-0.15, -0.1) is 0 Å². The van der Waals surface area contributed by atoms with Crippen molar-refractivity contribution in [2.75, 3.05) is 45.7 Å². The molecule has 1 unspecified atom stereocenters. The molecule has 55 heavy (non-hydrogen) atoms. The highest BCUT2D eigenvalue weighted by Crippen LogP contribution is 2.44. The van der Waals surface area contributed by atoms with Crippen LogP contribution in [0.25, 0.3) is 0 Å². The number of amides is 1. The first-order chi connectivity index (χ1) is 25.2. The van der Waals surface area contributed by atoms with Crippen molar-refractivity contribution in [3.05, 3.63) is 58.6 Å². The first-order valence-corrected chi connectivity index (χ1v) is 17.1. The predicted molar refractivity (Wildman–Crippen MR) is 179 cm³/mol. The molecule has 1 amide bonds. The van der Waals surface area contributed by atoms with Crippen molar-refractivity contribution < 1.29 is 101 Å². The fourth-order valence-corrected chi connectivity index (χ4v) is 4.51. The van der Waals surface area contributed by atoms with Gasteiger partial charge in [0.15, 0.2) is 0 Å². The van der Waals surface area contributed by atoms with Crippen LogP contribution in [0, 0.1) is 0 Å². The van der Waals surface area contributed by atoms with E-state index in [1.807, 2.05) is 0 Å². The summed E-state index contributed by atoms with van der Waals surface area (Å²) in [4.78, 5) is 21.2. The zero-order valence-corrected chi connectivity index (χ0v) is 30.3.